The Bertz CT molecular complexity index is 296. The van der Waals surface area contributed by atoms with Crippen molar-refractivity contribution >= 4 is 12.7 Å². The quantitative estimate of drug-likeness (QED) is 0.567. The van der Waals surface area contributed by atoms with Crippen LogP contribution in [-0.2, 0) is 0 Å². The molecule has 0 saturated heterocycles. The Balaban J connectivity index is -0.000000208. The van der Waals surface area contributed by atoms with Gasteiger partial charge in [-0.2, -0.15) is 0 Å². The first-order chi connectivity index (χ1) is 7.34. The molecule has 0 bridgehead atoms. The number of rotatable bonds is 0. The second-order valence-electron chi connectivity index (χ2n) is 1.99. The third kappa shape index (κ3) is 10.6. The summed E-state index contributed by atoms with van der Waals surface area (Å²) in [6, 6.07) is 8.08. The van der Waals surface area contributed by atoms with Gasteiger partial charge in [0.15, 0.2) is 0 Å². The van der Waals surface area contributed by atoms with Gasteiger partial charge in [-0.05, 0) is 17.4 Å². The molecule has 0 heteroatoms. The summed E-state index contributed by atoms with van der Waals surface area (Å²) in [6.45, 7) is 19.9. The summed E-state index contributed by atoms with van der Waals surface area (Å²) >= 11 is 0. The Morgan fingerprint density at radius 3 is 1.60 bits per heavy atom. The molecule has 0 fully saturated rings. The van der Waals surface area contributed by atoms with Crippen molar-refractivity contribution in [1.82, 2.24) is 0 Å². The zero-order valence-electron chi connectivity index (χ0n) is 11.0. The van der Waals surface area contributed by atoms with Crippen molar-refractivity contribution in [3.05, 3.63) is 47.9 Å². The highest BCUT2D eigenvalue weighted by Crippen LogP contribution is 1.68. The fourth-order valence-corrected chi connectivity index (χ4v) is 0.816. The Labute approximate surface area is 95.7 Å². The van der Waals surface area contributed by atoms with Crippen molar-refractivity contribution < 1.29 is 0 Å². The van der Waals surface area contributed by atoms with E-state index < -0.39 is 0 Å². The van der Waals surface area contributed by atoms with E-state index in [9.17, 15) is 0 Å². The lowest BCUT2D eigenvalue weighted by molar-refractivity contribution is 1.50. The van der Waals surface area contributed by atoms with Gasteiger partial charge < -0.3 is 0 Å². The lowest BCUT2D eigenvalue weighted by atomic mass is 10.2. The molecule has 0 aromatic heterocycles. The molecule has 0 aliphatic rings. The van der Waals surface area contributed by atoms with Crippen LogP contribution in [-0.4, -0.2) is 0 Å². The molecule has 0 unspecified atom stereocenters. The van der Waals surface area contributed by atoms with Gasteiger partial charge in [0.05, 0.1) is 0 Å². The first kappa shape index (κ1) is 19.3. The average molecular weight is 206 g/mol. The van der Waals surface area contributed by atoms with E-state index in [0.717, 1.165) is 5.22 Å². The minimum atomic E-state index is 1.10. The first-order valence-corrected chi connectivity index (χ1v) is 5.55. The Morgan fingerprint density at radius 1 is 0.933 bits per heavy atom. The summed E-state index contributed by atoms with van der Waals surface area (Å²) in [7, 11) is 0. The van der Waals surface area contributed by atoms with Crippen LogP contribution in [0.4, 0.5) is 0 Å². The Hall–Kier alpha value is -1.30. The predicted octanol–water partition coefficient (Wildman–Crippen LogP) is 3.75. The van der Waals surface area contributed by atoms with Gasteiger partial charge >= 0.3 is 0 Å². The van der Waals surface area contributed by atoms with E-state index in [2.05, 4.69) is 31.9 Å². The number of benzene rings is 1. The second kappa shape index (κ2) is 18.5. The Kier molecular flexibility index (Phi) is 23.8. The van der Waals surface area contributed by atoms with Crippen molar-refractivity contribution in [2.24, 2.45) is 0 Å². The van der Waals surface area contributed by atoms with E-state index in [1.54, 1.807) is 0 Å². The first-order valence-electron chi connectivity index (χ1n) is 5.55. The molecule has 1 aromatic carbocycles. The lowest BCUT2D eigenvalue weighted by Crippen LogP contribution is -2.20. The third-order valence-corrected chi connectivity index (χ3v) is 1.37. The summed E-state index contributed by atoms with van der Waals surface area (Å²) < 4.78 is 0. The molecular formula is C15H26. The monoisotopic (exact) mass is 206 g/mol. The highest BCUT2D eigenvalue weighted by molar-refractivity contribution is 5.23. The molecule has 0 aliphatic carbocycles. The van der Waals surface area contributed by atoms with Gasteiger partial charge in [0.25, 0.3) is 0 Å². The van der Waals surface area contributed by atoms with E-state index in [1.165, 1.54) is 5.22 Å². The molecule has 0 spiro atoms. The van der Waals surface area contributed by atoms with Crippen LogP contribution < -0.4 is 10.4 Å². The van der Waals surface area contributed by atoms with Crippen LogP contribution in [0.2, 0.25) is 0 Å². The van der Waals surface area contributed by atoms with Crippen molar-refractivity contribution in [3.63, 3.8) is 0 Å². The predicted molar refractivity (Wildman–Crippen MR) is 75.3 cm³/mol. The van der Waals surface area contributed by atoms with Gasteiger partial charge in [-0.1, -0.05) is 64.6 Å². The van der Waals surface area contributed by atoms with E-state index >= 15 is 0 Å². The van der Waals surface area contributed by atoms with Crippen molar-refractivity contribution in [1.29, 1.82) is 0 Å². The molecule has 86 valence electrons. The summed E-state index contributed by atoms with van der Waals surface area (Å²) in [6.07, 6.45) is 2.06. The normalized spacial score (nSPS) is 8.20. The minimum Gasteiger partial charge on any atom is -0.106 e. The van der Waals surface area contributed by atoms with E-state index in [4.69, 9.17) is 0 Å². The summed E-state index contributed by atoms with van der Waals surface area (Å²) in [4.78, 5) is 0. The highest BCUT2D eigenvalue weighted by atomic mass is 13.8. The fourth-order valence-electron chi connectivity index (χ4n) is 0.816. The van der Waals surface area contributed by atoms with E-state index in [1.807, 2.05) is 52.8 Å². The smallest absolute Gasteiger partial charge is 0.0233 e. The zero-order valence-corrected chi connectivity index (χ0v) is 11.0. The molecule has 0 radical (unpaired) electrons. The molecule has 1 rings (SSSR count). The standard InChI is InChI=1S/C9H10.2C2H6.C2H4/c1-3-9-7-5-4-6-8(9)2;3*1-2/h3-7H,2H2,1H3;2*1-2H3;1-2H2/b9-3-;;;. The number of hydrogen-bond donors (Lipinski definition) is 0. The average Bonchev–Trinajstić information content (AvgIpc) is 2.37. The van der Waals surface area contributed by atoms with Crippen LogP contribution in [0.15, 0.2) is 37.4 Å². The maximum Gasteiger partial charge on any atom is -0.0233 e. The molecule has 0 nitrogen and oxygen atoms in total. The molecule has 0 atom stereocenters. The molecule has 0 amide bonds. The zero-order chi connectivity index (χ0) is 12.7. The van der Waals surface area contributed by atoms with Crippen LogP contribution in [0, 0.1) is 0 Å². The van der Waals surface area contributed by atoms with E-state index in [-0.39, 0.29) is 0 Å². The molecule has 1 aromatic rings. The van der Waals surface area contributed by atoms with Crippen LogP contribution in [0.25, 0.3) is 12.7 Å². The van der Waals surface area contributed by atoms with Gasteiger partial charge in [0.1, 0.15) is 0 Å². The van der Waals surface area contributed by atoms with Crippen molar-refractivity contribution in [2.75, 3.05) is 0 Å². The van der Waals surface area contributed by atoms with Gasteiger partial charge in [0, 0.05) is 0 Å². The maximum atomic E-state index is 3.86. The van der Waals surface area contributed by atoms with Gasteiger partial charge in [-0.3, -0.25) is 0 Å². The van der Waals surface area contributed by atoms with Crippen molar-refractivity contribution in [2.45, 2.75) is 34.6 Å². The highest BCUT2D eigenvalue weighted by Gasteiger charge is 1.74. The summed E-state index contributed by atoms with van der Waals surface area (Å²) in [5.74, 6) is 0. The van der Waals surface area contributed by atoms with Crippen molar-refractivity contribution in [3.8, 4) is 0 Å². The molecule has 0 N–H and O–H groups in total. The molecule has 0 saturated carbocycles. The topological polar surface area (TPSA) is 0 Å². The van der Waals surface area contributed by atoms with E-state index in [0.29, 0.717) is 0 Å². The largest absolute Gasteiger partial charge is 0.106 e. The Morgan fingerprint density at radius 2 is 1.33 bits per heavy atom. The molecule has 0 aliphatic heterocycles. The van der Waals surface area contributed by atoms with Gasteiger partial charge in [0.2, 0.25) is 0 Å². The SMILES string of the molecule is C=C.C=c1cccc/c1=C/C.CC.CC. The molecule has 15 heavy (non-hydrogen) atoms. The number of hydrogen-bond acceptors (Lipinski definition) is 0. The summed E-state index contributed by atoms with van der Waals surface area (Å²) in [5.41, 5.74) is 0. The second-order valence-corrected chi connectivity index (χ2v) is 1.99. The molecular weight excluding hydrogens is 180 g/mol. The van der Waals surface area contributed by atoms with Gasteiger partial charge in [-0.15, -0.1) is 13.2 Å². The maximum absolute atomic E-state index is 3.86. The lowest BCUT2D eigenvalue weighted by Gasteiger charge is -1.82. The fraction of sp³-hybridized carbons (Fsp3) is 0.333. The van der Waals surface area contributed by atoms with Crippen LogP contribution >= 0.6 is 0 Å². The van der Waals surface area contributed by atoms with Gasteiger partial charge in [-0.25, -0.2) is 0 Å². The van der Waals surface area contributed by atoms with Crippen LogP contribution in [0.5, 0.6) is 0 Å². The molecule has 0 heterocycles. The third-order valence-electron chi connectivity index (χ3n) is 1.37. The minimum absolute atomic E-state index is 1.10. The van der Waals surface area contributed by atoms with Crippen LogP contribution in [0.1, 0.15) is 34.6 Å². The summed E-state index contributed by atoms with van der Waals surface area (Å²) in [5, 5.41) is 2.32. The van der Waals surface area contributed by atoms with Crippen LogP contribution in [0.3, 0.4) is 0 Å².